The highest BCUT2D eigenvalue weighted by Crippen LogP contribution is 2.25. The largest absolute Gasteiger partial charge is 0.268 e. The van der Waals surface area contributed by atoms with Crippen LogP contribution in [-0.2, 0) is 19.4 Å². The number of hydrogen-bond donors (Lipinski definition) is 0. The molecule has 0 radical (unpaired) electrons. The average molecular weight is 370 g/mol. The molecule has 0 aliphatic carbocycles. The fraction of sp³-hybridized carbons (Fsp3) is 0.471. The lowest BCUT2D eigenvalue weighted by Gasteiger charge is -2.15. The highest BCUT2D eigenvalue weighted by Gasteiger charge is 2.17. The maximum Gasteiger partial charge on any atom is 0.0738 e. The molecule has 0 aliphatic rings. The minimum atomic E-state index is 0.423. The van der Waals surface area contributed by atoms with Gasteiger partial charge in [0.1, 0.15) is 0 Å². The number of benzene rings is 1. The Morgan fingerprint density at radius 1 is 1.19 bits per heavy atom. The predicted octanol–water partition coefficient (Wildman–Crippen LogP) is 4.92. The van der Waals surface area contributed by atoms with Crippen LogP contribution in [0.25, 0.3) is 0 Å². The third-order valence-corrected chi connectivity index (χ3v) is 5.27. The highest BCUT2D eigenvalue weighted by atomic mass is 79.9. The second-order valence-corrected chi connectivity index (χ2v) is 6.68. The van der Waals surface area contributed by atoms with Crippen molar-refractivity contribution in [2.75, 3.05) is 5.88 Å². The molecule has 4 heteroatoms. The summed E-state index contributed by atoms with van der Waals surface area (Å²) in [5.41, 5.74) is 4.95. The van der Waals surface area contributed by atoms with Gasteiger partial charge in [-0.05, 0) is 61.0 Å². The van der Waals surface area contributed by atoms with E-state index in [1.807, 2.05) is 6.92 Å². The zero-order valence-electron chi connectivity index (χ0n) is 12.9. The van der Waals surface area contributed by atoms with E-state index < -0.39 is 0 Å². The van der Waals surface area contributed by atoms with Crippen LogP contribution < -0.4 is 0 Å². The van der Waals surface area contributed by atoms with Crippen LogP contribution in [0.5, 0.6) is 0 Å². The molecule has 2 rings (SSSR count). The normalized spacial score (nSPS) is 12.6. The molecule has 1 unspecified atom stereocenters. The topological polar surface area (TPSA) is 17.8 Å². The van der Waals surface area contributed by atoms with Crippen molar-refractivity contribution in [1.82, 2.24) is 9.78 Å². The first-order valence-electron chi connectivity index (χ1n) is 7.38. The third-order valence-electron chi connectivity index (χ3n) is 3.80. The summed E-state index contributed by atoms with van der Waals surface area (Å²) in [6.07, 6.45) is 1.96. The molecule has 0 aliphatic heterocycles. The first-order chi connectivity index (χ1) is 10.0. The van der Waals surface area contributed by atoms with Crippen molar-refractivity contribution in [1.29, 1.82) is 0 Å². The number of alkyl halides is 1. The maximum atomic E-state index is 6.21. The van der Waals surface area contributed by atoms with Gasteiger partial charge in [0.2, 0.25) is 0 Å². The summed E-state index contributed by atoms with van der Waals surface area (Å²) in [7, 11) is 0. The molecule has 0 bridgehead atoms. The molecule has 1 heterocycles. The van der Waals surface area contributed by atoms with Gasteiger partial charge in [0.15, 0.2) is 0 Å². The Balaban J connectivity index is 2.14. The fourth-order valence-electron chi connectivity index (χ4n) is 2.58. The molecular formula is C17H22BrClN2. The van der Waals surface area contributed by atoms with Crippen LogP contribution in [0.4, 0.5) is 0 Å². The van der Waals surface area contributed by atoms with E-state index in [4.69, 9.17) is 11.6 Å². The van der Waals surface area contributed by atoms with E-state index in [9.17, 15) is 0 Å². The molecule has 21 heavy (non-hydrogen) atoms. The van der Waals surface area contributed by atoms with Crippen molar-refractivity contribution in [3.8, 4) is 0 Å². The number of halogens is 2. The van der Waals surface area contributed by atoms with Crippen LogP contribution in [0.3, 0.4) is 0 Å². The standard InChI is InChI=1S/C17H22BrClN2/c1-4-21-16(17(18)13(3)20-21)10-15(11-19)9-14-7-5-12(2)6-8-14/h5-8,15H,4,9-11H2,1-3H3. The minimum absolute atomic E-state index is 0.423. The molecule has 0 saturated heterocycles. The van der Waals surface area contributed by atoms with Crippen molar-refractivity contribution >= 4 is 27.5 Å². The Labute approximate surface area is 140 Å². The molecule has 0 saturated carbocycles. The molecular weight excluding hydrogens is 348 g/mol. The quantitative estimate of drug-likeness (QED) is 0.661. The summed E-state index contributed by atoms with van der Waals surface area (Å²) in [5.74, 6) is 1.08. The third kappa shape index (κ3) is 4.10. The minimum Gasteiger partial charge on any atom is -0.268 e. The van der Waals surface area contributed by atoms with Gasteiger partial charge < -0.3 is 0 Å². The van der Waals surface area contributed by atoms with Gasteiger partial charge in [-0.25, -0.2) is 0 Å². The fourth-order valence-corrected chi connectivity index (χ4v) is 3.24. The van der Waals surface area contributed by atoms with Gasteiger partial charge in [0, 0.05) is 12.4 Å². The first-order valence-corrected chi connectivity index (χ1v) is 8.71. The molecule has 1 aromatic heterocycles. The van der Waals surface area contributed by atoms with Crippen LogP contribution in [0, 0.1) is 19.8 Å². The molecule has 2 aromatic rings. The Kier molecular flexibility index (Phi) is 5.88. The molecule has 114 valence electrons. The van der Waals surface area contributed by atoms with Crippen molar-refractivity contribution in [3.05, 3.63) is 51.3 Å². The Bertz CT molecular complexity index is 590. The van der Waals surface area contributed by atoms with E-state index in [0.29, 0.717) is 11.8 Å². The van der Waals surface area contributed by atoms with Gasteiger partial charge in [-0.2, -0.15) is 5.10 Å². The highest BCUT2D eigenvalue weighted by molar-refractivity contribution is 9.10. The summed E-state index contributed by atoms with van der Waals surface area (Å²) in [4.78, 5) is 0. The van der Waals surface area contributed by atoms with E-state index in [0.717, 1.165) is 29.6 Å². The van der Waals surface area contributed by atoms with Crippen LogP contribution in [0.2, 0.25) is 0 Å². The molecule has 0 N–H and O–H groups in total. The molecule has 0 amide bonds. The van der Waals surface area contributed by atoms with Gasteiger partial charge in [0.25, 0.3) is 0 Å². The van der Waals surface area contributed by atoms with Gasteiger partial charge in [-0.3, -0.25) is 4.68 Å². The van der Waals surface area contributed by atoms with Crippen LogP contribution >= 0.6 is 27.5 Å². The van der Waals surface area contributed by atoms with Crippen molar-refractivity contribution in [3.63, 3.8) is 0 Å². The van der Waals surface area contributed by atoms with E-state index in [-0.39, 0.29) is 0 Å². The second kappa shape index (κ2) is 7.46. The lowest BCUT2D eigenvalue weighted by molar-refractivity contribution is 0.530. The zero-order chi connectivity index (χ0) is 15.4. The SMILES string of the molecule is CCn1nc(C)c(Br)c1CC(CCl)Cc1ccc(C)cc1. The van der Waals surface area contributed by atoms with Crippen molar-refractivity contribution < 1.29 is 0 Å². The second-order valence-electron chi connectivity index (χ2n) is 5.58. The van der Waals surface area contributed by atoms with Gasteiger partial charge in [-0.15, -0.1) is 11.6 Å². The van der Waals surface area contributed by atoms with E-state index in [2.05, 4.69) is 63.8 Å². The molecule has 1 aromatic carbocycles. The summed E-state index contributed by atoms with van der Waals surface area (Å²) < 4.78 is 3.21. The Morgan fingerprint density at radius 3 is 2.43 bits per heavy atom. The van der Waals surface area contributed by atoms with Gasteiger partial charge >= 0.3 is 0 Å². The number of aryl methyl sites for hydroxylation is 3. The lowest BCUT2D eigenvalue weighted by atomic mass is 9.95. The Morgan fingerprint density at radius 2 is 1.86 bits per heavy atom. The van der Waals surface area contributed by atoms with E-state index >= 15 is 0 Å². The molecule has 1 atom stereocenters. The summed E-state index contributed by atoms with van der Waals surface area (Å²) in [5, 5.41) is 4.56. The van der Waals surface area contributed by atoms with E-state index in [1.54, 1.807) is 0 Å². The average Bonchev–Trinajstić information content (AvgIpc) is 2.76. The molecule has 2 nitrogen and oxygen atoms in total. The molecule has 0 fully saturated rings. The molecule has 0 spiro atoms. The predicted molar refractivity (Wildman–Crippen MR) is 93.1 cm³/mol. The number of aromatic nitrogens is 2. The van der Waals surface area contributed by atoms with E-state index in [1.165, 1.54) is 16.8 Å². The van der Waals surface area contributed by atoms with Crippen molar-refractivity contribution in [2.45, 2.75) is 40.2 Å². The van der Waals surface area contributed by atoms with Crippen LogP contribution in [0.15, 0.2) is 28.7 Å². The Hall–Kier alpha value is -0.800. The van der Waals surface area contributed by atoms with Crippen LogP contribution in [0.1, 0.15) is 29.4 Å². The monoisotopic (exact) mass is 368 g/mol. The number of nitrogens with zero attached hydrogens (tertiary/aromatic N) is 2. The smallest absolute Gasteiger partial charge is 0.0738 e. The first kappa shape index (κ1) is 16.6. The van der Waals surface area contributed by atoms with Crippen molar-refractivity contribution in [2.24, 2.45) is 5.92 Å². The number of rotatable bonds is 6. The lowest BCUT2D eigenvalue weighted by Crippen LogP contribution is -2.14. The number of hydrogen-bond acceptors (Lipinski definition) is 1. The van der Waals surface area contributed by atoms with Crippen LogP contribution in [-0.4, -0.2) is 15.7 Å². The maximum absolute atomic E-state index is 6.21. The zero-order valence-corrected chi connectivity index (χ0v) is 15.2. The van der Waals surface area contributed by atoms with Gasteiger partial charge in [-0.1, -0.05) is 29.8 Å². The van der Waals surface area contributed by atoms with Gasteiger partial charge in [0.05, 0.1) is 15.9 Å². The summed E-state index contributed by atoms with van der Waals surface area (Å²) >= 11 is 9.88. The summed E-state index contributed by atoms with van der Waals surface area (Å²) in [6.45, 7) is 7.16. The summed E-state index contributed by atoms with van der Waals surface area (Å²) in [6, 6.07) is 8.73.